The largest absolute Gasteiger partial charge is 0.0730 e. The third-order valence-corrected chi connectivity index (χ3v) is 3.27. The average Bonchev–Trinajstić information content (AvgIpc) is 2.55. The molecular formula is C15H13. The maximum atomic E-state index is 2.22. The van der Waals surface area contributed by atoms with Gasteiger partial charge in [0, 0.05) is 5.92 Å². The summed E-state index contributed by atoms with van der Waals surface area (Å²) in [6, 6.07) is 8.65. The summed E-state index contributed by atoms with van der Waals surface area (Å²) in [5.74, 6) is 1.38. The van der Waals surface area contributed by atoms with Crippen LogP contribution in [0.4, 0.5) is 0 Å². The zero-order chi connectivity index (χ0) is 10.4. The SMILES string of the molecule is C[C]1C=CC=C2C1=C(C)c1ccccc12. The molecule has 1 radical (unpaired) electrons. The molecule has 0 nitrogen and oxygen atoms in total. The third kappa shape index (κ3) is 1.08. The van der Waals surface area contributed by atoms with Crippen LogP contribution in [0.3, 0.4) is 0 Å². The first-order valence-corrected chi connectivity index (χ1v) is 5.32. The van der Waals surface area contributed by atoms with Crippen LogP contribution in [-0.4, -0.2) is 0 Å². The van der Waals surface area contributed by atoms with Crippen LogP contribution >= 0.6 is 0 Å². The Hall–Kier alpha value is -1.56. The fourth-order valence-corrected chi connectivity index (χ4v) is 2.57. The van der Waals surface area contributed by atoms with Crippen molar-refractivity contribution in [3.05, 3.63) is 65.1 Å². The molecule has 73 valence electrons. The molecule has 0 amide bonds. The van der Waals surface area contributed by atoms with E-state index in [4.69, 9.17) is 0 Å². The van der Waals surface area contributed by atoms with E-state index in [0.29, 0.717) is 0 Å². The molecule has 0 aliphatic heterocycles. The topological polar surface area (TPSA) is 0 Å². The molecule has 0 saturated heterocycles. The van der Waals surface area contributed by atoms with Crippen molar-refractivity contribution >= 4 is 11.1 Å². The monoisotopic (exact) mass is 193 g/mol. The Kier molecular flexibility index (Phi) is 1.72. The summed E-state index contributed by atoms with van der Waals surface area (Å²) < 4.78 is 0. The molecule has 0 atom stereocenters. The molecular weight excluding hydrogens is 180 g/mol. The molecule has 0 heterocycles. The highest BCUT2D eigenvalue weighted by Crippen LogP contribution is 2.46. The minimum atomic E-state index is 1.38. The van der Waals surface area contributed by atoms with E-state index in [1.807, 2.05) is 0 Å². The van der Waals surface area contributed by atoms with Crippen LogP contribution in [0.1, 0.15) is 25.0 Å². The van der Waals surface area contributed by atoms with E-state index in [-0.39, 0.29) is 0 Å². The molecule has 0 unspecified atom stereocenters. The van der Waals surface area contributed by atoms with E-state index in [1.165, 1.54) is 33.8 Å². The maximum Gasteiger partial charge on any atom is 0.0245 e. The van der Waals surface area contributed by atoms with Gasteiger partial charge < -0.3 is 0 Å². The Morgan fingerprint density at radius 1 is 0.933 bits per heavy atom. The van der Waals surface area contributed by atoms with Crippen LogP contribution in [-0.2, 0) is 0 Å². The first kappa shape index (κ1) is 8.72. The predicted molar refractivity (Wildman–Crippen MR) is 65.1 cm³/mol. The molecule has 0 heteroatoms. The van der Waals surface area contributed by atoms with Crippen LogP contribution < -0.4 is 0 Å². The van der Waals surface area contributed by atoms with Crippen molar-refractivity contribution in [1.82, 2.24) is 0 Å². The Bertz CT molecular complexity index is 513. The van der Waals surface area contributed by atoms with Crippen LogP contribution in [0.15, 0.2) is 48.1 Å². The molecule has 0 bridgehead atoms. The molecule has 1 aromatic carbocycles. The van der Waals surface area contributed by atoms with Gasteiger partial charge >= 0.3 is 0 Å². The van der Waals surface area contributed by atoms with E-state index < -0.39 is 0 Å². The lowest BCUT2D eigenvalue weighted by atomic mass is 9.88. The summed E-state index contributed by atoms with van der Waals surface area (Å²) in [4.78, 5) is 0. The molecule has 0 spiro atoms. The molecule has 2 aliphatic rings. The number of hydrogen-bond donors (Lipinski definition) is 0. The molecule has 2 aliphatic carbocycles. The highest BCUT2D eigenvalue weighted by Gasteiger charge is 2.27. The van der Waals surface area contributed by atoms with Crippen LogP contribution in [0, 0.1) is 5.92 Å². The van der Waals surface area contributed by atoms with Crippen LogP contribution in [0.5, 0.6) is 0 Å². The van der Waals surface area contributed by atoms with Gasteiger partial charge in [-0.3, -0.25) is 0 Å². The van der Waals surface area contributed by atoms with Crippen molar-refractivity contribution < 1.29 is 0 Å². The summed E-state index contributed by atoms with van der Waals surface area (Å²) in [5.41, 5.74) is 7.01. The number of rotatable bonds is 0. The van der Waals surface area contributed by atoms with Gasteiger partial charge in [-0.05, 0) is 34.8 Å². The second kappa shape index (κ2) is 2.96. The molecule has 0 fully saturated rings. The fraction of sp³-hybridized carbons (Fsp3) is 0.133. The Balaban J connectivity index is 2.31. The lowest BCUT2D eigenvalue weighted by molar-refractivity contribution is 1.26. The Morgan fingerprint density at radius 2 is 1.67 bits per heavy atom. The predicted octanol–water partition coefficient (Wildman–Crippen LogP) is 4.02. The third-order valence-electron chi connectivity index (χ3n) is 3.27. The highest BCUT2D eigenvalue weighted by atomic mass is 14.3. The van der Waals surface area contributed by atoms with Crippen molar-refractivity contribution in [2.75, 3.05) is 0 Å². The summed E-state index contributed by atoms with van der Waals surface area (Å²) >= 11 is 0. The standard InChI is InChI=1S/C15H13/c1-10-6-5-9-14-13-8-4-3-7-12(13)11(2)15(10)14/h3-9H,1-2H3. The number of allylic oxidation sites excluding steroid dienone is 6. The normalized spacial score (nSPS) is 18.9. The summed E-state index contributed by atoms with van der Waals surface area (Å²) in [7, 11) is 0. The maximum absolute atomic E-state index is 2.22. The highest BCUT2D eigenvalue weighted by molar-refractivity contribution is 6.03. The lowest BCUT2D eigenvalue weighted by Gasteiger charge is -2.15. The van der Waals surface area contributed by atoms with Gasteiger partial charge in [0.15, 0.2) is 0 Å². The molecule has 3 rings (SSSR count). The van der Waals surface area contributed by atoms with Crippen molar-refractivity contribution in [3.8, 4) is 0 Å². The Labute approximate surface area is 90.6 Å². The summed E-state index contributed by atoms with van der Waals surface area (Å²) in [5, 5.41) is 0. The zero-order valence-electron chi connectivity index (χ0n) is 9.04. The number of benzene rings is 1. The van der Waals surface area contributed by atoms with Gasteiger partial charge in [0.1, 0.15) is 0 Å². The van der Waals surface area contributed by atoms with E-state index in [1.54, 1.807) is 0 Å². The second-order valence-corrected chi connectivity index (χ2v) is 4.17. The minimum Gasteiger partial charge on any atom is -0.0730 e. The van der Waals surface area contributed by atoms with Gasteiger partial charge in [0.05, 0.1) is 0 Å². The molecule has 15 heavy (non-hydrogen) atoms. The quantitative estimate of drug-likeness (QED) is 0.583. The van der Waals surface area contributed by atoms with E-state index in [9.17, 15) is 0 Å². The summed E-state index contributed by atoms with van der Waals surface area (Å²) in [6.07, 6.45) is 6.55. The summed E-state index contributed by atoms with van der Waals surface area (Å²) in [6.45, 7) is 4.41. The van der Waals surface area contributed by atoms with E-state index in [2.05, 4.69) is 56.3 Å². The van der Waals surface area contributed by atoms with Gasteiger partial charge in [-0.2, -0.15) is 0 Å². The van der Waals surface area contributed by atoms with Gasteiger partial charge in [0.2, 0.25) is 0 Å². The molecule has 0 N–H and O–H groups in total. The van der Waals surface area contributed by atoms with Gasteiger partial charge in [-0.25, -0.2) is 0 Å². The minimum absolute atomic E-state index is 1.38. The van der Waals surface area contributed by atoms with Gasteiger partial charge in [0.25, 0.3) is 0 Å². The number of hydrogen-bond acceptors (Lipinski definition) is 0. The van der Waals surface area contributed by atoms with Crippen LogP contribution in [0.25, 0.3) is 11.1 Å². The van der Waals surface area contributed by atoms with Gasteiger partial charge in [-0.15, -0.1) is 0 Å². The van der Waals surface area contributed by atoms with Gasteiger partial charge in [-0.1, -0.05) is 49.4 Å². The molecule has 1 aromatic rings. The van der Waals surface area contributed by atoms with E-state index in [0.717, 1.165) is 0 Å². The Morgan fingerprint density at radius 3 is 2.47 bits per heavy atom. The first-order valence-electron chi connectivity index (χ1n) is 5.32. The smallest absolute Gasteiger partial charge is 0.0245 e. The van der Waals surface area contributed by atoms with Crippen molar-refractivity contribution in [2.45, 2.75) is 13.8 Å². The van der Waals surface area contributed by atoms with Crippen LogP contribution in [0.2, 0.25) is 0 Å². The van der Waals surface area contributed by atoms with Crippen molar-refractivity contribution in [2.24, 2.45) is 0 Å². The first-order chi connectivity index (χ1) is 7.29. The second-order valence-electron chi connectivity index (χ2n) is 4.17. The number of fused-ring (bicyclic) bond motifs is 3. The van der Waals surface area contributed by atoms with Crippen molar-refractivity contribution in [3.63, 3.8) is 0 Å². The fourth-order valence-electron chi connectivity index (χ4n) is 2.57. The zero-order valence-corrected chi connectivity index (χ0v) is 9.04. The average molecular weight is 193 g/mol. The molecule has 0 saturated carbocycles. The van der Waals surface area contributed by atoms with E-state index >= 15 is 0 Å². The van der Waals surface area contributed by atoms with Crippen molar-refractivity contribution in [1.29, 1.82) is 0 Å². The lowest BCUT2D eigenvalue weighted by Crippen LogP contribution is -1.97. The molecule has 0 aromatic heterocycles.